The lowest BCUT2D eigenvalue weighted by atomic mass is 10.0. The topological polar surface area (TPSA) is 47.9 Å². The molecule has 1 N–H and O–H groups in total. The van der Waals surface area contributed by atoms with Gasteiger partial charge in [0.1, 0.15) is 0 Å². The number of aliphatic hydroxyl groups excluding tert-OH is 1. The zero-order chi connectivity index (χ0) is 22.9. The minimum absolute atomic E-state index is 0.365. The summed E-state index contributed by atoms with van der Waals surface area (Å²) in [6.45, 7) is 0.365. The average molecular weight is 461 g/mol. The highest BCUT2D eigenvalue weighted by Crippen LogP contribution is 2.19. The van der Waals surface area contributed by atoms with Gasteiger partial charge < -0.3 is 18.4 Å². The third kappa shape index (κ3) is 20.4. The molecular weight excluding hydrogens is 404 g/mol. The Morgan fingerprint density at radius 1 is 0.387 bits per heavy atom. The van der Waals surface area contributed by atoms with Crippen molar-refractivity contribution in [2.45, 2.75) is 141 Å². The summed E-state index contributed by atoms with van der Waals surface area (Å²) in [7, 11) is 2.76. The smallest absolute Gasteiger partial charge is 0.396 e. The van der Waals surface area contributed by atoms with Crippen molar-refractivity contribution in [3.8, 4) is 0 Å². The molecule has 0 aromatic carbocycles. The molecule has 0 aromatic rings. The summed E-state index contributed by atoms with van der Waals surface area (Å²) in [6, 6.07) is 0.933. The maximum Gasteiger partial charge on any atom is 0.500 e. The molecule has 0 bridgehead atoms. The van der Waals surface area contributed by atoms with E-state index in [0.717, 1.165) is 18.9 Å². The number of aliphatic hydroxyl groups is 1. The molecule has 188 valence electrons. The van der Waals surface area contributed by atoms with E-state index in [1.54, 1.807) is 21.3 Å². The van der Waals surface area contributed by atoms with E-state index in [-0.39, 0.29) is 0 Å². The second-order valence-corrected chi connectivity index (χ2v) is 12.3. The number of rotatable bonds is 26. The van der Waals surface area contributed by atoms with E-state index < -0.39 is 8.80 Å². The molecule has 0 aromatic heterocycles. The third-order valence-corrected chi connectivity index (χ3v) is 9.41. The molecule has 0 aliphatic carbocycles. The van der Waals surface area contributed by atoms with E-state index in [2.05, 4.69) is 0 Å². The van der Waals surface area contributed by atoms with Gasteiger partial charge in [0.05, 0.1) is 0 Å². The van der Waals surface area contributed by atoms with Crippen LogP contribution in [0.25, 0.3) is 0 Å². The van der Waals surface area contributed by atoms with Crippen molar-refractivity contribution in [3.05, 3.63) is 0 Å². The van der Waals surface area contributed by atoms with Gasteiger partial charge in [-0.1, -0.05) is 122 Å². The summed E-state index contributed by atoms with van der Waals surface area (Å²) in [5.74, 6) is 0. The maximum absolute atomic E-state index is 8.75. The normalized spacial score (nSPS) is 12.0. The first-order valence-corrected chi connectivity index (χ1v) is 15.4. The van der Waals surface area contributed by atoms with Gasteiger partial charge in [0.25, 0.3) is 0 Å². The Bertz CT molecular complexity index is 329. The van der Waals surface area contributed by atoms with Gasteiger partial charge >= 0.3 is 8.80 Å². The Balaban J connectivity index is 3.16. The first-order valence-electron chi connectivity index (χ1n) is 13.5. The molecule has 0 saturated carbocycles. The summed E-state index contributed by atoms with van der Waals surface area (Å²) < 4.78 is 16.4. The standard InChI is InChI=1S/C26H56O4Si/c1-28-31(29-2,30-3)26-24-22-20-18-16-14-12-10-8-6-4-5-7-9-11-13-15-17-19-21-23-25-27/h27H,4-26H2,1-3H3. The molecule has 0 heterocycles. The van der Waals surface area contributed by atoms with Crippen LogP contribution in [-0.4, -0.2) is 41.8 Å². The average Bonchev–Trinajstić information content (AvgIpc) is 2.80. The summed E-state index contributed by atoms with van der Waals surface area (Å²) in [5.41, 5.74) is 0. The summed E-state index contributed by atoms with van der Waals surface area (Å²) in [5, 5.41) is 8.75. The van der Waals surface area contributed by atoms with Gasteiger partial charge in [0.2, 0.25) is 0 Å². The van der Waals surface area contributed by atoms with Crippen LogP contribution in [0, 0.1) is 0 Å². The van der Waals surface area contributed by atoms with Crippen LogP contribution >= 0.6 is 0 Å². The fourth-order valence-corrected chi connectivity index (χ4v) is 6.16. The van der Waals surface area contributed by atoms with E-state index >= 15 is 0 Å². The zero-order valence-corrected chi connectivity index (χ0v) is 22.4. The van der Waals surface area contributed by atoms with Crippen molar-refractivity contribution >= 4 is 8.80 Å². The van der Waals surface area contributed by atoms with Gasteiger partial charge in [-0.25, -0.2) is 0 Å². The highest BCUT2D eigenvalue weighted by molar-refractivity contribution is 6.60. The van der Waals surface area contributed by atoms with Crippen molar-refractivity contribution in [1.82, 2.24) is 0 Å². The lowest BCUT2D eigenvalue weighted by molar-refractivity contribution is 0.122. The SMILES string of the molecule is CO[Si](CCCCCCCCCCCCCCCCCCCCCCCO)(OC)OC. The molecule has 0 amide bonds. The van der Waals surface area contributed by atoms with Crippen molar-refractivity contribution < 1.29 is 18.4 Å². The molecule has 0 rings (SSSR count). The number of hydrogen-bond donors (Lipinski definition) is 1. The number of unbranched alkanes of at least 4 members (excludes halogenated alkanes) is 20. The minimum Gasteiger partial charge on any atom is -0.396 e. The molecule has 0 unspecified atom stereocenters. The van der Waals surface area contributed by atoms with E-state index in [1.165, 1.54) is 122 Å². The van der Waals surface area contributed by atoms with Crippen molar-refractivity contribution in [2.24, 2.45) is 0 Å². The maximum atomic E-state index is 8.75. The third-order valence-electron chi connectivity index (χ3n) is 6.57. The largest absolute Gasteiger partial charge is 0.500 e. The highest BCUT2D eigenvalue weighted by atomic mass is 28.4. The van der Waals surface area contributed by atoms with Crippen LogP contribution in [0.15, 0.2) is 0 Å². The lowest BCUT2D eigenvalue weighted by Gasteiger charge is -2.24. The van der Waals surface area contributed by atoms with Gasteiger partial charge in [-0.3, -0.25) is 0 Å². The van der Waals surface area contributed by atoms with Crippen molar-refractivity contribution in [2.75, 3.05) is 27.9 Å². The van der Waals surface area contributed by atoms with Gasteiger partial charge in [-0.05, 0) is 12.8 Å². The quantitative estimate of drug-likeness (QED) is 0.105. The molecule has 0 atom stereocenters. The predicted molar refractivity (Wildman–Crippen MR) is 136 cm³/mol. The Morgan fingerprint density at radius 2 is 0.613 bits per heavy atom. The number of hydrogen-bond acceptors (Lipinski definition) is 4. The van der Waals surface area contributed by atoms with E-state index in [1.807, 2.05) is 0 Å². The predicted octanol–water partition coefficient (Wildman–Crippen LogP) is 8.05. The molecule has 31 heavy (non-hydrogen) atoms. The first kappa shape index (κ1) is 31.1. The minimum atomic E-state index is -2.34. The Labute approximate surface area is 196 Å². The summed E-state index contributed by atoms with van der Waals surface area (Å²) in [6.07, 6.45) is 28.5. The van der Waals surface area contributed by atoms with Crippen LogP contribution in [0.5, 0.6) is 0 Å². The summed E-state index contributed by atoms with van der Waals surface area (Å²) >= 11 is 0. The van der Waals surface area contributed by atoms with Gasteiger partial charge in [-0.2, -0.15) is 0 Å². The lowest BCUT2D eigenvalue weighted by Crippen LogP contribution is -2.42. The Morgan fingerprint density at radius 3 is 0.839 bits per heavy atom. The molecule has 0 radical (unpaired) electrons. The Hall–Kier alpha value is 0.0569. The molecule has 0 fully saturated rings. The van der Waals surface area contributed by atoms with Crippen LogP contribution < -0.4 is 0 Å². The molecule has 5 heteroatoms. The Kier molecular flexibility index (Phi) is 24.7. The summed E-state index contributed by atoms with van der Waals surface area (Å²) in [4.78, 5) is 0. The van der Waals surface area contributed by atoms with Gasteiger partial charge in [0.15, 0.2) is 0 Å². The zero-order valence-electron chi connectivity index (χ0n) is 21.4. The van der Waals surface area contributed by atoms with Crippen LogP contribution in [-0.2, 0) is 13.3 Å². The fourth-order valence-electron chi connectivity index (χ4n) is 4.37. The molecule has 0 saturated heterocycles. The molecule has 0 aliphatic rings. The van der Waals surface area contributed by atoms with Gasteiger partial charge in [-0.15, -0.1) is 0 Å². The van der Waals surface area contributed by atoms with Gasteiger partial charge in [0, 0.05) is 34.0 Å². The fraction of sp³-hybridized carbons (Fsp3) is 1.00. The van der Waals surface area contributed by atoms with E-state index in [0.29, 0.717) is 6.61 Å². The molecular formula is C26H56O4Si. The van der Waals surface area contributed by atoms with Crippen LogP contribution in [0.2, 0.25) is 6.04 Å². The first-order chi connectivity index (χ1) is 15.2. The van der Waals surface area contributed by atoms with Crippen LogP contribution in [0.1, 0.15) is 135 Å². The molecule has 0 spiro atoms. The van der Waals surface area contributed by atoms with Crippen LogP contribution in [0.4, 0.5) is 0 Å². The van der Waals surface area contributed by atoms with E-state index in [9.17, 15) is 0 Å². The second-order valence-electron chi connectivity index (χ2n) is 9.19. The van der Waals surface area contributed by atoms with Crippen molar-refractivity contribution in [1.29, 1.82) is 0 Å². The molecule has 4 nitrogen and oxygen atoms in total. The monoisotopic (exact) mass is 460 g/mol. The highest BCUT2D eigenvalue weighted by Gasteiger charge is 2.36. The van der Waals surface area contributed by atoms with Crippen molar-refractivity contribution in [3.63, 3.8) is 0 Å². The van der Waals surface area contributed by atoms with E-state index in [4.69, 9.17) is 18.4 Å². The van der Waals surface area contributed by atoms with Crippen LogP contribution in [0.3, 0.4) is 0 Å². The second kappa shape index (κ2) is 24.7. The molecule has 0 aliphatic heterocycles.